The van der Waals surface area contributed by atoms with Gasteiger partial charge in [-0.1, -0.05) is 24.4 Å². The SMILES string of the molecule is CCn1nc(C)c(Cl)c1CC(O)CC1CC1. The summed E-state index contributed by atoms with van der Waals surface area (Å²) in [6, 6.07) is 0. The number of aliphatic hydroxyl groups is 1. The van der Waals surface area contributed by atoms with Crippen LogP contribution in [0.4, 0.5) is 0 Å². The van der Waals surface area contributed by atoms with Gasteiger partial charge < -0.3 is 5.11 Å². The Morgan fingerprint density at radius 2 is 2.25 bits per heavy atom. The summed E-state index contributed by atoms with van der Waals surface area (Å²) in [7, 11) is 0. The Morgan fingerprint density at radius 3 is 2.81 bits per heavy atom. The average molecular weight is 243 g/mol. The summed E-state index contributed by atoms with van der Waals surface area (Å²) < 4.78 is 1.90. The lowest BCUT2D eigenvalue weighted by Crippen LogP contribution is -2.15. The van der Waals surface area contributed by atoms with E-state index in [1.54, 1.807) is 0 Å². The zero-order valence-corrected chi connectivity index (χ0v) is 10.7. The molecule has 0 amide bonds. The third kappa shape index (κ3) is 2.58. The van der Waals surface area contributed by atoms with Gasteiger partial charge in [-0.3, -0.25) is 4.68 Å². The fraction of sp³-hybridized carbons (Fsp3) is 0.750. The summed E-state index contributed by atoms with van der Waals surface area (Å²) in [5.41, 5.74) is 1.84. The summed E-state index contributed by atoms with van der Waals surface area (Å²) in [4.78, 5) is 0. The van der Waals surface area contributed by atoms with Crippen molar-refractivity contribution in [3.05, 3.63) is 16.4 Å². The Morgan fingerprint density at radius 1 is 1.56 bits per heavy atom. The minimum Gasteiger partial charge on any atom is -0.393 e. The smallest absolute Gasteiger partial charge is 0.0848 e. The summed E-state index contributed by atoms with van der Waals surface area (Å²) >= 11 is 6.19. The molecule has 1 aliphatic rings. The number of rotatable bonds is 5. The number of hydrogen-bond acceptors (Lipinski definition) is 2. The number of aryl methyl sites for hydroxylation is 2. The molecule has 2 rings (SSSR count). The minimum atomic E-state index is -0.272. The number of aliphatic hydroxyl groups excluding tert-OH is 1. The van der Waals surface area contributed by atoms with E-state index in [9.17, 15) is 5.11 Å². The molecule has 0 saturated heterocycles. The van der Waals surface area contributed by atoms with Gasteiger partial charge in [0.2, 0.25) is 0 Å². The topological polar surface area (TPSA) is 38.0 Å². The first-order valence-electron chi connectivity index (χ1n) is 6.01. The third-order valence-electron chi connectivity index (χ3n) is 3.18. The van der Waals surface area contributed by atoms with Crippen molar-refractivity contribution in [3.63, 3.8) is 0 Å². The molecule has 0 radical (unpaired) electrons. The summed E-state index contributed by atoms with van der Waals surface area (Å²) in [5.74, 6) is 0.743. The second-order valence-corrected chi connectivity index (χ2v) is 5.08. The molecule has 1 heterocycles. The Hall–Kier alpha value is -0.540. The van der Waals surface area contributed by atoms with Crippen LogP contribution in [0.1, 0.15) is 37.6 Å². The molecule has 3 nitrogen and oxygen atoms in total. The highest BCUT2D eigenvalue weighted by molar-refractivity contribution is 6.31. The van der Waals surface area contributed by atoms with E-state index in [1.807, 2.05) is 18.5 Å². The lowest BCUT2D eigenvalue weighted by Gasteiger charge is -2.11. The maximum atomic E-state index is 9.97. The summed E-state index contributed by atoms with van der Waals surface area (Å²) in [5, 5.41) is 15.0. The Bertz CT molecular complexity index is 371. The van der Waals surface area contributed by atoms with Gasteiger partial charge in [-0.15, -0.1) is 0 Å². The first-order chi connectivity index (χ1) is 7.61. The van der Waals surface area contributed by atoms with Crippen LogP contribution >= 0.6 is 11.6 Å². The summed E-state index contributed by atoms with van der Waals surface area (Å²) in [6.07, 6.45) is 3.81. The lowest BCUT2D eigenvalue weighted by molar-refractivity contribution is 0.155. The van der Waals surface area contributed by atoms with Crippen molar-refractivity contribution < 1.29 is 5.11 Å². The van der Waals surface area contributed by atoms with Crippen molar-refractivity contribution in [2.24, 2.45) is 5.92 Å². The molecule has 0 aromatic carbocycles. The fourth-order valence-corrected chi connectivity index (χ4v) is 2.32. The van der Waals surface area contributed by atoms with Crippen LogP contribution in [-0.4, -0.2) is 21.0 Å². The first-order valence-corrected chi connectivity index (χ1v) is 6.39. The van der Waals surface area contributed by atoms with Crippen LogP contribution in [0.2, 0.25) is 5.02 Å². The van der Waals surface area contributed by atoms with E-state index < -0.39 is 0 Å². The van der Waals surface area contributed by atoms with Gasteiger partial charge in [-0.25, -0.2) is 0 Å². The van der Waals surface area contributed by atoms with Gasteiger partial charge in [0.25, 0.3) is 0 Å². The maximum Gasteiger partial charge on any atom is 0.0848 e. The van der Waals surface area contributed by atoms with E-state index in [1.165, 1.54) is 12.8 Å². The highest BCUT2D eigenvalue weighted by Crippen LogP contribution is 2.34. The van der Waals surface area contributed by atoms with E-state index in [-0.39, 0.29) is 6.10 Å². The maximum absolute atomic E-state index is 9.97. The molecular formula is C12H19ClN2O. The molecule has 0 spiro atoms. The molecule has 16 heavy (non-hydrogen) atoms. The van der Waals surface area contributed by atoms with Crippen LogP contribution in [-0.2, 0) is 13.0 Å². The number of halogens is 1. The predicted molar refractivity (Wildman–Crippen MR) is 64.7 cm³/mol. The fourth-order valence-electron chi connectivity index (χ4n) is 2.11. The quantitative estimate of drug-likeness (QED) is 0.862. The minimum absolute atomic E-state index is 0.272. The van der Waals surface area contributed by atoms with E-state index >= 15 is 0 Å². The van der Waals surface area contributed by atoms with E-state index in [0.29, 0.717) is 6.42 Å². The van der Waals surface area contributed by atoms with Crippen molar-refractivity contribution >= 4 is 11.6 Å². The molecule has 1 fully saturated rings. The number of hydrogen-bond donors (Lipinski definition) is 1. The van der Waals surface area contributed by atoms with Crippen LogP contribution < -0.4 is 0 Å². The zero-order chi connectivity index (χ0) is 11.7. The molecule has 1 aromatic heterocycles. The lowest BCUT2D eigenvalue weighted by atomic mass is 10.1. The molecule has 0 aliphatic heterocycles. The number of nitrogens with zero attached hydrogens (tertiary/aromatic N) is 2. The molecule has 1 saturated carbocycles. The van der Waals surface area contributed by atoms with Gasteiger partial charge in [0.05, 0.1) is 22.5 Å². The molecular weight excluding hydrogens is 224 g/mol. The van der Waals surface area contributed by atoms with Crippen LogP contribution in [0, 0.1) is 12.8 Å². The molecule has 1 atom stereocenters. The van der Waals surface area contributed by atoms with E-state index in [2.05, 4.69) is 5.10 Å². The van der Waals surface area contributed by atoms with Crippen molar-refractivity contribution in [1.82, 2.24) is 9.78 Å². The third-order valence-corrected chi connectivity index (χ3v) is 3.68. The van der Waals surface area contributed by atoms with E-state index in [0.717, 1.165) is 35.3 Å². The molecule has 4 heteroatoms. The monoisotopic (exact) mass is 242 g/mol. The average Bonchev–Trinajstić information content (AvgIpc) is 3.01. The second-order valence-electron chi connectivity index (χ2n) is 4.70. The van der Waals surface area contributed by atoms with Crippen molar-refractivity contribution in [2.75, 3.05) is 0 Å². The van der Waals surface area contributed by atoms with Crippen LogP contribution in [0.3, 0.4) is 0 Å². The zero-order valence-electron chi connectivity index (χ0n) is 9.91. The van der Waals surface area contributed by atoms with Crippen molar-refractivity contribution in [2.45, 2.75) is 52.2 Å². The molecule has 90 valence electrons. The second kappa shape index (κ2) is 4.76. The highest BCUT2D eigenvalue weighted by Gasteiger charge is 2.26. The van der Waals surface area contributed by atoms with Gasteiger partial charge in [0, 0.05) is 13.0 Å². The normalized spacial score (nSPS) is 17.8. The largest absolute Gasteiger partial charge is 0.393 e. The summed E-state index contributed by atoms with van der Waals surface area (Å²) in [6.45, 7) is 4.75. The first kappa shape index (κ1) is 11.9. The van der Waals surface area contributed by atoms with Gasteiger partial charge in [0.1, 0.15) is 0 Å². The van der Waals surface area contributed by atoms with Crippen molar-refractivity contribution in [1.29, 1.82) is 0 Å². The van der Waals surface area contributed by atoms with Crippen LogP contribution in [0.5, 0.6) is 0 Å². The van der Waals surface area contributed by atoms with Crippen LogP contribution in [0.25, 0.3) is 0 Å². The van der Waals surface area contributed by atoms with E-state index in [4.69, 9.17) is 11.6 Å². The van der Waals surface area contributed by atoms with Gasteiger partial charge >= 0.3 is 0 Å². The highest BCUT2D eigenvalue weighted by atomic mass is 35.5. The Labute approximate surface area is 101 Å². The van der Waals surface area contributed by atoms with Gasteiger partial charge in [0.15, 0.2) is 0 Å². The van der Waals surface area contributed by atoms with Gasteiger partial charge in [-0.2, -0.15) is 5.10 Å². The molecule has 1 aliphatic carbocycles. The Kier molecular flexibility index (Phi) is 3.55. The molecule has 1 aromatic rings. The van der Waals surface area contributed by atoms with Gasteiger partial charge in [-0.05, 0) is 26.2 Å². The number of aromatic nitrogens is 2. The standard InChI is InChI=1S/C12H19ClN2O/c1-3-15-11(12(13)8(2)14-15)7-10(16)6-9-4-5-9/h9-10,16H,3-7H2,1-2H3. The Balaban J connectivity index is 2.06. The molecule has 1 unspecified atom stereocenters. The predicted octanol–water partition coefficient (Wildman–Crippen LogP) is 2.57. The van der Waals surface area contributed by atoms with Crippen LogP contribution in [0.15, 0.2) is 0 Å². The molecule has 0 bridgehead atoms. The van der Waals surface area contributed by atoms with Crippen molar-refractivity contribution in [3.8, 4) is 0 Å². The molecule has 1 N–H and O–H groups in total.